The molecule has 0 atom stereocenters. The zero-order valence-corrected chi connectivity index (χ0v) is 13.8. The lowest BCUT2D eigenvalue weighted by molar-refractivity contribution is 0.414. The first-order valence-corrected chi connectivity index (χ1v) is 7.80. The summed E-state index contributed by atoms with van der Waals surface area (Å²) in [6.45, 7) is 0. The van der Waals surface area contributed by atoms with Crippen LogP contribution < -0.4 is 16.0 Å². The molecule has 0 aliphatic carbocycles. The van der Waals surface area contributed by atoms with Crippen molar-refractivity contribution >= 4 is 5.88 Å². The Morgan fingerprint density at radius 2 is 1.69 bits per heavy atom. The lowest BCUT2D eigenvalue weighted by Crippen LogP contribution is -2.06. The van der Waals surface area contributed by atoms with E-state index in [1.165, 1.54) is 0 Å². The Morgan fingerprint density at radius 1 is 0.923 bits per heavy atom. The minimum Gasteiger partial charge on any atom is -0.497 e. The summed E-state index contributed by atoms with van der Waals surface area (Å²) in [5, 5.41) is 4.00. The van der Waals surface area contributed by atoms with Gasteiger partial charge in [0.15, 0.2) is 5.69 Å². The van der Waals surface area contributed by atoms with E-state index >= 15 is 0 Å². The molecule has 0 aliphatic rings. The smallest absolute Gasteiger partial charge is 0.282 e. The number of hydrazine groups is 1. The van der Waals surface area contributed by atoms with Gasteiger partial charge in [0.25, 0.3) is 5.89 Å². The van der Waals surface area contributed by atoms with Gasteiger partial charge in [-0.1, -0.05) is 23.4 Å². The van der Waals surface area contributed by atoms with Crippen LogP contribution in [0.3, 0.4) is 0 Å². The van der Waals surface area contributed by atoms with Gasteiger partial charge in [-0.2, -0.15) is 4.98 Å². The van der Waals surface area contributed by atoms with Gasteiger partial charge in [-0.15, -0.1) is 0 Å². The number of nitrogens with one attached hydrogen (secondary N) is 1. The van der Waals surface area contributed by atoms with Crippen LogP contribution in [0.5, 0.6) is 5.75 Å². The first-order chi connectivity index (χ1) is 12.8. The molecule has 0 saturated carbocycles. The lowest BCUT2D eigenvalue weighted by atomic mass is 10.2. The number of methoxy groups -OCH3 is 1. The summed E-state index contributed by atoms with van der Waals surface area (Å²) in [6, 6.07) is 16.8. The van der Waals surface area contributed by atoms with E-state index in [1.54, 1.807) is 7.11 Å². The summed E-state index contributed by atoms with van der Waals surface area (Å²) in [5.74, 6) is 7.56. The van der Waals surface area contributed by atoms with Crippen LogP contribution in [0.15, 0.2) is 63.5 Å². The average Bonchev–Trinajstić information content (AvgIpc) is 3.35. The van der Waals surface area contributed by atoms with Crippen LogP contribution in [0.25, 0.3) is 34.4 Å². The van der Waals surface area contributed by atoms with E-state index in [0.29, 0.717) is 17.4 Å². The Bertz CT molecular complexity index is 1010. The van der Waals surface area contributed by atoms with Crippen LogP contribution in [0, 0.1) is 0 Å². The van der Waals surface area contributed by atoms with Crippen LogP contribution in [0.2, 0.25) is 0 Å². The molecule has 0 saturated heterocycles. The standard InChI is InChI=1S/C18H15N5O3/c1-24-13-9-7-11(8-10-13)15-21-17(26-23-15)14-18(22-19)25-16(20-14)12-5-3-2-4-6-12/h2-10,22H,19H2,1H3. The Labute approximate surface area is 148 Å². The number of nitrogens with zero attached hydrogens (tertiary/aromatic N) is 3. The molecule has 130 valence electrons. The molecule has 0 amide bonds. The average molecular weight is 349 g/mol. The highest BCUT2D eigenvalue weighted by Crippen LogP contribution is 2.32. The molecule has 0 unspecified atom stereocenters. The van der Waals surface area contributed by atoms with Crippen molar-refractivity contribution in [2.45, 2.75) is 0 Å². The topological polar surface area (TPSA) is 112 Å². The van der Waals surface area contributed by atoms with Crippen molar-refractivity contribution in [2.24, 2.45) is 5.84 Å². The molecule has 2 heterocycles. The molecule has 8 nitrogen and oxygen atoms in total. The van der Waals surface area contributed by atoms with Gasteiger partial charge in [-0.3, -0.25) is 5.43 Å². The molecular formula is C18H15N5O3. The fourth-order valence-corrected chi connectivity index (χ4v) is 2.44. The summed E-state index contributed by atoms with van der Waals surface area (Å²) >= 11 is 0. The lowest BCUT2D eigenvalue weighted by Gasteiger charge is -1.98. The zero-order chi connectivity index (χ0) is 17.9. The number of rotatable bonds is 5. The molecule has 0 radical (unpaired) electrons. The van der Waals surface area contributed by atoms with Crippen LogP contribution in [-0.4, -0.2) is 22.2 Å². The number of hydrogen-bond donors (Lipinski definition) is 2. The molecule has 0 bridgehead atoms. The van der Waals surface area contributed by atoms with Gasteiger partial charge in [0.05, 0.1) is 7.11 Å². The van der Waals surface area contributed by atoms with Gasteiger partial charge in [-0.05, 0) is 36.4 Å². The predicted molar refractivity (Wildman–Crippen MR) is 95.0 cm³/mol. The molecule has 0 spiro atoms. The Hall–Kier alpha value is -3.65. The highest BCUT2D eigenvalue weighted by molar-refractivity contribution is 5.69. The number of hydrogen-bond acceptors (Lipinski definition) is 8. The Morgan fingerprint density at radius 3 is 2.38 bits per heavy atom. The van der Waals surface area contributed by atoms with E-state index in [4.69, 9.17) is 19.5 Å². The number of nitrogens with two attached hydrogens (primary N) is 1. The number of aromatic nitrogens is 3. The van der Waals surface area contributed by atoms with Gasteiger partial charge < -0.3 is 13.7 Å². The summed E-state index contributed by atoms with van der Waals surface area (Å²) < 4.78 is 16.1. The van der Waals surface area contributed by atoms with Gasteiger partial charge >= 0.3 is 0 Å². The number of nitrogen functional groups attached to an aromatic ring is 1. The molecule has 2 aromatic heterocycles. The fraction of sp³-hybridized carbons (Fsp3) is 0.0556. The predicted octanol–water partition coefficient (Wildman–Crippen LogP) is 3.35. The minimum absolute atomic E-state index is 0.203. The van der Waals surface area contributed by atoms with Crippen LogP contribution in [-0.2, 0) is 0 Å². The molecule has 8 heteroatoms. The van der Waals surface area contributed by atoms with Crippen molar-refractivity contribution in [1.82, 2.24) is 15.1 Å². The number of ether oxygens (including phenoxy) is 1. The van der Waals surface area contributed by atoms with Gasteiger partial charge in [-0.25, -0.2) is 10.8 Å². The molecule has 4 rings (SSSR count). The van der Waals surface area contributed by atoms with Crippen LogP contribution in [0.1, 0.15) is 0 Å². The van der Waals surface area contributed by atoms with E-state index < -0.39 is 0 Å². The van der Waals surface area contributed by atoms with Crippen molar-refractivity contribution in [1.29, 1.82) is 0 Å². The fourth-order valence-electron chi connectivity index (χ4n) is 2.44. The molecule has 3 N–H and O–H groups in total. The van der Waals surface area contributed by atoms with E-state index in [0.717, 1.165) is 16.9 Å². The second-order valence-corrected chi connectivity index (χ2v) is 5.36. The highest BCUT2D eigenvalue weighted by Gasteiger charge is 2.21. The molecule has 26 heavy (non-hydrogen) atoms. The Kier molecular flexibility index (Phi) is 4.08. The summed E-state index contributed by atoms with van der Waals surface area (Å²) in [7, 11) is 1.61. The largest absolute Gasteiger partial charge is 0.497 e. The van der Waals surface area contributed by atoms with E-state index in [2.05, 4.69) is 20.6 Å². The first-order valence-electron chi connectivity index (χ1n) is 7.80. The van der Waals surface area contributed by atoms with E-state index in [1.807, 2.05) is 54.6 Å². The summed E-state index contributed by atoms with van der Waals surface area (Å²) in [4.78, 5) is 8.82. The molecule has 4 aromatic rings. The van der Waals surface area contributed by atoms with E-state index in [9.17, 15) is 0 Å². The van der Waals surface area contributed by atoms with Crippen molar-refractivity contribution in [3.05, 3.63) is 54.6 Å². The summed E-state index contributed by atoms with van der Waals surface area (Å²) in [5.41, 5.74) is 4.42. The monoisotopic (exact) mass is 349 g/mol. The molecule has 0 aliphatic heterocycles. The van der Waals surface area contributed by atoms with Crippen molar-refractivity contribution < 1.29 is 13.7 Å². The maximum atomic E-state index is 5.66. The molecule has 2 aromatic carbocycles. The van der Waals surface area contributed by atoms with Gasteiger partial charge in [0.1, 0.15) is 5.75 Å². The first kappa shape index (κ1) is 15.9. The summed E-state index contributed by atoms with van der Waals surface area (Å²) in [6.07, 6.45) is 0. The second-order valence-electron chi connectivity index (χ2n) is 5.36. The normalized spacial score (nSPS) is 10.7. The third kappa shape index (κ3) is 2.89. The maximum Gasteiger partial charge on any atom is 0.282 e. The van der Waals surface area contributed by atoms with Crippen LogP contribution in [0.4, 0.5) is 5.88 Å². The maximum absolute atomic E-state index is 5.66. The van der Waals surface area contributed by atoms with Crippen molar-refractivity contribution in [3.8, 4) is 40.2 Å². The molecular weight excluding hydrogens is 334 g/mol. The quantitative estimate of drug-likeness (QED) is 0.417. The minimum atomic E-state index is 0.203. The van der Waals surface area contributed by atoms with Gasteiger partial charge in [0, 0.05) is 11.1 Å². The number of anilines is 1. The van der Waals surface area contributed by atoms with Crippen molar-refractivity contribution in [3.63, 3.8) is 0 Å². The third-order valence-corrected chi connectivity index (χ3v) is 3.76. The van der Waals surface area contributed by atoms with Crippen molar-refractivity contribution in [2.75, 3.05) is 12.5 Å². The Balaban J connectivity index is 1.69. The SMILES string of the molecule is COc1ccc(-c2noc(-c3nc(-c4ccccc4)oc3NN)n2)cc1. The van der Waals surface area contributed by atoms with E-state index in [-0.39, 0.29) is 11.8 Å². The third-order valence-electron chi connectivity index (χ3n) is 3.76. The number of oxazole rings is 1. The highest BCUT2D eigenvalue weighted by atomic mass is 16.5. The molecule has 0 fully saturated rings. The van der Waals surface area contributed by atoms with Crippen LogP contribution >= 0.6 is 0 Å². The number of benzene rings is 2. The zero-order valence-electron chi connectivity index (χ0n) is 13.8. The second kappa shape index (κ2) is 6.69. The van der Waals surface area contributed by atoms with Gasteiger partial charge in [0.2, 0.25) is 17.6 Å².